The molecule has 0 saturated carbocycles. The van der Waals surface area contributed by atoms with Gasteiger partial charge in [-0.05, 0) is 38.8 Å². The van der Waals surface area contributed by atoms with Crippen molar-refractivity contribution in [2.24, 2.45) is 10.9 Å². The van der Waals surface area contributed by atoms with Crippen LogP contribution in [0.15, 0.2) is 4.99 Å². The number of likely N-dealkylation sites (tertiary alicyclic amines) is 1. The van der Waals surface area contributed by atoms with Crippen molar-refractivity contribution >= 4 is 5.96 Å². The van der Waals surface area contributed by atoms with Crippen molar-refractivity contribution < 1.29 is 0 Å². The summed E-state index contributed by atoms with van der Waals surface area (Å²) in [7, 11) is 0. The first-order valence-corrected chi connectivity index (χ1v) is 8.38. The molecule has 1 atom stereocenters. The maximum atomic E-state index is 5.31. The molecule has 2 N–H and O–H groups in total. The van der Waals surface area contributed by atoms with Gasteiger partial charge in [0.25, 0.3) is 0 Å². The van der Waals surface area contributed by atoms with Crippen LogP contribution in [0, 0.1) is 18.3 Å². The Morgan fingerprint density at radius 3 is 2.38 bits per heavy atom. The van der Waals surface area contributed by atoms with E-state index in [0.717, 1.165) is 19.0 Å². The Balaban J connectivity index is 2.64. The molecule has 0 bridgehead atoms. The van der Waals surface area contributed by atoms with E-state index >= 15 is 0 Å². The maximum Gasteiger partial charge on any atom is 0.192 e. The third-order valence-corrected chi connectivity index (χ3v) is 4.02. The molecule has 0 aliphatic carbocycles. The van der Waals surface area contributed by atoms with Crippen LogP contribution >= 0.6 is 0 Å². The second-order valence-electron chi connectivity index (χ2n) is 6.04. The minimum absolute atomic E-state index is 0.516. The van der Waals surface area contributed by atoms with Crippen LogP contribution in [-0.4, -0.2) is 49.6 Å². The number of hydrogen-bond donors (Lipinski definition) is 2. The van der Waals surface area contributed by atoms with E-state index in [4.69, 9.17) is 11.4 Å². The molecule has 21 heavy (non-hydrogen) atoms. The molecule has 120 valence electrons. The summed E-state index contributed by atoms with van der Waals surface area (Å²) in [5.74, 6) is 4.04. The van der Waals surface area contributed by atoms with Gasteiger partial charge < -0.3 is 10.6 Å². The lowest BCUT2D eigenvalue weighted by molar-refractivity contribution is 0.166. The molecule has 4 heteroatoms. The van der Waals surface area contributed by atoms with E-state index in [1.807, 2.05) is 0 Å². The summed E-state index contributed by atoms with van der Waals surface area (Å²) in [6.07, 6.45) is 10.7. The molecular formula is C17H32N4. The van der Waals surface area contributed by atoms with Gasteiger partial charge >= 0.3 is 0 Å². The zero-order valence-electron chi connectivity index (χ0n) is 14.0. The summed E-state index contributed by atoms with van der Waals surface area (Å²) >= 11 is 0. The first-order valence-electron chi connectivity index (χ1n) is 8.38. The van der Waals surface area contributed by atoms with Crippen LogP contribution in [0.3, 0.4) is 0 Å². The molecular weight excluding hydrogens is 260 g/mol. The van der Waals surface area contributed by atoms with Gasteiger partial charge in [0.1, 0.15) is 0 Å². The van der Waals surface area contributed by atoms with Gasteiger partial charge in [-0.3, -0.25) is 9.89 Å². The Bertz CT molecular complexity index is 335. The summed E-state index contributed by atoms with van der Waals surface area (Å²) in [6.45, 7) is 11.3. The predicted molar refractivity (Wildman–Crippen MR) is 91.5 cm³/mol. The third-order valence-electron chi connectivity index (χ3n) is 4.02. The van der Waals surface area contributed by atoms with Crippen LogP contribution in [0.1, 0.15) is 46.5 Å². The molecule has 0 radical (unpaired) electrons. The van der Waals surface area contributed by atoms with E-state index in [9.17, 15) is 0 Å². The van der Waals surface area contributed by atoms with Gasteiger partial charge in [-0.2, -0.15) is 0 Å². The fourth-order valence-electron chi connectivity index (χ4n) is 2.84. The van der Waals surface area contributed by atoms with Gasteiger partial charge in [0, 0.05) is 12.6 Å². The van der Waals surface area contributed by atoms with Gasteiger partial charge in [-0.15, -0.1) is 6.42 Å². The summed E-state index contributed by atoms with van der Waals surface area (Å²) in [4.78, 5) is 7.37. The summed E-state index contributed by atoms with van der Waals surface area (Å²) in [5.41, 5.74) is 0. The standard InChI is InChI=1S/C17H32N4/c1-5-11-19-17(18-6-2)20-14-16(15(3)4)21-12-9-7-8-10-13-21/h1,15-16H,6-14H2,2-4H3,(H2,18,19,20). The minimum atomic E-state index is 0.516. The smallest absolute Gasteiger partial charge is 0.192 e. The molecule has 4 nitrogen and oxygen atoms in total. The molecule has 1 rings (SSSR count). The lowest BCUT2D eigenvalue weighted by Gasteiger charge is -2.32. The molecule has 0 aromatic carbocycles. The lowest BCUT2D eigenvalue weighted by atomic mass is 10.0. The van der Waals surface area contributed by atoms with E-state index in [1.165, 1.54) is 38.8 Å². The van der Waals surface area contributed by atoms with Gasteiger partial charge in [0.15, 0.2) is 5.96 Å². The summed E-state index contributed by atoms with van der Waals surface area (Å²) < 4.78 is 0. The average Bonchev–Trinajstić information content (AvgIpc) is 2.73. The zero-order valence-corrected chi connectivity index (χ0v) is 14.0. The maximum absolute atomic E-state index is 5.31. The molecule has 0 amide bonds. The van der Waals surface area contributed by atoms with Crippen molar-refractivity contribution in [3.05, 3.63) is 0 Å². The number of aliphatic imine (C=N–C) groups is 1. The Morgan fingerprint density at radius 2 is 1.86 bits per heavy atom. The minimum Gasteiger partial charge on any atom is -0.357 e. The highest BCUT2D eigenvalue weighted by Gasteiger charge is 2.22. The molecule has 1 aliphatic heterocycles. The molecule has 0 aromatic heterocycles. The number of nitrogens with zero attached hydrogens (tertiary/aromatic N) is 2. The van der Waals surface area contributed by atoms with Crippen LogP contribution in [0.25, 0.3) is 0 Å². The van der Waals surface area contributed by atoms with Gasteiger partial charge in [0.2, 0.25) is 0 Å². The summed E-state index contributed by atoms with van der Waals surface area (Å²) in [6, 6.07) is 0.518. The summed E-state index contributed by atoms with van der Waals surface area (Å²) in [5, 5.41) is 6.42. The quantitative estimate of drug-likeness (QED) is 0.447. The van der Waals surface area contributed by atoms with E-state index in [1.54, 1.807) is 0 Å². The Labute approximate surface area is 130 Å². The van der Waals surface area contributed by atoms with Crippen molar-refractivity contribution in [2.75, 3.05) is 32.7 Å². The topological polar surface area (TPSA) is 39.7 Å². The SMILES string of the molecule is C#CCNC(=NCC(C(C)C)N1CCCCCC1)NCC. The molecule has 0 spiro atoms. The van der Waals surface area contributed by atoms with Gasteiger partial charge in [0.05, 0.1) is 13.1 Å². The van der Waals surface area contributed by atoms with Crippen molar-refractivity contribution in [3.8, 4) is 12.3 Å². The van der Waals surface area contributed by atoms with Crippen LogP contribution in [0.5, 0.6) is 0 Å². The number of nitrogens with one attached hydrogen (secondary N) is 2. The van der Waals surface area contributed by atoms with E-state index in [0.29, 0.717) is 18.5 Å². The normalized spacial score (nSPS) is 18.9. The highest BCUT2D eigenvalue weighted by Crippen LogP contribution is 2.17. The van der Waals surface area contributed by atoms with E-state index in [2.05, 4.69) is 42.2 Å². The monoisotopic (exact) mass is 292 g/mol. The molecule has 0 aromatic rings. The van der Waals surface area contributed by atoms with Crippen LogP contribution in [0.2, 0.25) is 0 Å². The fourth-order valence-corrected chi connectivity index (χ4v) is 2.84. The molecule has 1 heterocycles. The highest BCUT2D eigenvalue weighted by molar-refractivity contribution is 5.80. The van der Waals surface area contributed by atoms with Crippen molar-refractivity contribution in [1.82, 2.24) is 15.5 Å². The number of rotatable bonds is 6. The zero-order chi connectivity index (χ0) is 15.5. The third kappa shape index (κ3) is 6.86. The average molecular weight is 292 g/mol. The molecule has 1 unspecified atom stereocenters. The number of hydrogen-bond acceptors (Lipinski definition) is 2. The van der Waals surface area contributed by atoms with Crippen molar-refractivity contribution in [2.45, 2.75) is 52.5 Å². The first kappa shape index (κ1) is 17.8. The van der Waals surface area contributed by atoms with Crippen LogP contribution < -0.4 is 10.6 Å². The van der Waals surface area contributed by atoms with Crippen molar-refractivity contribution in [3.63, 3.8) is 0 Å². The highest BCUT2D eigenvalue weighted by atomic mass is 15.2. The van der Waals surface area contributed by atoms with E-state index < -0.39 is 0 Å². The number of guanidine groups is 1. The van der Waals surface area contributed by atoms with Crippen molar-refractivity contribution in [1.29, 1.82) is 0 Å². The molecule has 1 fully saturated rings. The predicted octanol–water partition coefficient (Wildman–Crippen LogP) is 2.08. The van der Waals surface area contributed by atoms with Gasteiger partial charge in [-0.1, -0.05) is 32.6 Å². The van der Waals surface area contributed by atoms with Crippen LogP contribution in [0.4, 0.5) is 0 Å². The Hall–Kier alpha value is -1.21. The molecule has 1 aliphatic rings. The largest absolute Gasteiger partial charge is 0.357 e. The lowest BCUT2D eigenvalue weighted by Crippen LogP contribution is -2.43. The van der Waals surface area contributed by atoms with Gasteiger partial charge in [-0.25, -0.2) is 0 Å². The van der Waals surface area contributed by atoms with E-state index in [-0.39, 0.29) is 0 Å². The molecule has 1 saturated heterocycles. The Morgan fingerprint density at radius 1 is 1.19 bits per heavy atom. The first-order chi connectivity index (χ1) is 10.2. The fraction of sp³-hybridized carbons (Fsp3) is 0.824. The second-order valence-corrected chi connectivity index (χ2v) is 6.04. The Kier molecular flexibility index (Phi) is 8.93. The second kappa shape index (κ2) is 10.5. The van der Waals surface area contributed by atoms with Crippen LogP contribution in [-0.2, 0) is 0 Å². The number of terminal acetylenes is 1.